The normalized spacial score (nSPS) is 12.2. The molecule has 142 valence electrons. The minimum Gasteiger partial charge on any atom is -0.481 e. The Kier molecular flexibility index (Phi) is 14.4. The molecule has 0 aromatic carbocycles. The zero-order chi connectivity index (χ0) is 18.2. The van der Waals surface area contributed by atoms with Crippen LogP contribution in [0.2, 0.25) is 0 Å². The molecule has 0 rings (SSSR count). The minimum absolute atomic E-state index is 0.0354. The van der Waals surface area contributed by atoms with Crippen LogP contribution in [0.25, 0.3) is 0 Å². The molecule has 0 aliphatic heterocycles. The number of nitrogens with one attached hydrogen (secondary N) is 1. The Labute approximate surface area is 146 Å². The average molecular weight is 344 g/mol. The van der Waals surface area contributed by atoms with Crippen molar-refractivity contribution < 1.29 is 19.4 Å². The molecule has 0 fully saturated rings. The zero-order valence-electron chi connectivity index (χ0n) is 15.7. The van der Waals surface area contributed by atoms with Crippen LogP contribution >= 0.6 is 0 Å². The maximum absolute atomic E-state index is 11.9. The zero-order valence-corrected chi connectivity index (χ0v) is 15.7. The molecule has 0 heterocycles. The maximum Gasteiger partial charge on any atom is 0.407 e. The number of ether oxygens (including phenoxy) is 1. The van der Waals surface area contributed by atoms with Gasteiger partial charge in [0.25, 0.3) is 0 Å². The van der Waals surface area contributed by atoms with E-state index in [-0.39, 0.29) is 12.5 Å². The fraction of sp³-hybridized carbons (Fsp3) is 0.889. The molecule has 1 unspecified atom stereocenters. The number of carboxylic acids is 1. The average Bonchev–Trinajstić information content (AvgIpc) is 2.56. The van der Waals surface area contributed by atoms with Gasteiger partial charge < -0.3 is 20.1 Å². The fourth-order valence-electron chi connectivity index (χ4n) is 2.57. The summed E-state index contributed by atoms with van der Waals surface area (Å²) in [4.78, 5) is 24.9. The Morgan fingerprint density at radius 1 is 1.04 bits per heavy atom. The Morgan fingerprint density at radius 2 is 1.75 bits per heavy atom. The summed E-state index contributed by atoms with van der Waals surface area (Å²) in [7, 11) is 0. The first-order chi connectivity index (χ1) is 11.5. The van der Waals surface area contributed by atoms with Gasteiger partial charge in [0, 0.05) is 13.0 Å². The second-order valence-electron chi connectivity index (χ2n) is 6.12. The van der Waals surface area contributed by atoms with Gasteiger partial charge in [-0.1, -0.05) is 40.0 Å². The standard InChI is InChI=1S/C18H36N2O4/c1-4-7-8-9-11-16(12-13-17(21)22)24-18(23)19-14-10-15-20(5-2)6-3/h16H,4-15H2,1-3H3,(H,19,23)(H,21,22). The summed E-state index contributed by atoms with van der Waals surface area (Å²) in [6.07, 6.45) is 5.66. The first-order valence-corrected chi connectivity index (χ1v) is 9.42. The van der Waals surface area contributed by atoms with E-state index in [1.807, 2.05) is 0 Å². The van der Waals surface area contributed by atoms with Crippen LogP contribution in [0.3, 0.4) is 0 Å². The van der Waals surface area contributed by atoms with Crippen LogP contribution in [-0.4, -0.2) is 54.4 Å². The molecule has 2 N–H and O–H groups in total. The number of rotatable bonds is 15. The summed E-state index contributed by atoms with van der Waals surface area (Å²) in [6.45, 7) is 9.94. The quantitative estimate of drug-likeness (QED) is 0.443. The molecule has 6 heteroatoms. The van der Waals surface area contributed by atoms with Gasteiger partial charge >= 0.3 is 12.1 Å². The number of carbonyl (C=O) groups is 2. The summed E-state index contributed by atoms with van der Waals surface area (Å²) >= 11 is 0. The Morgan fingerprint density at radius 3 is 2.33 bits per heavy atom. The molecular weight excluding hydrogens is 308 g/mol. The van der Waals surface area contributed by atoms with E-state index >= 15 is 0 Å². The lowest BCUT2D eigenvalue weighted by atomic mass is 10.1. The molecule has 0 bridgehead atoms. The molecule has 0 radical (unpaired) electrons. The molecule has 0 saturated carbocycles. The largest absolute Gasteiger partial charge is 0.481 e. The van der Waals surface area contributed by atoms with Gasteiger partial charge in [0.2, 0.25) is 0 Å². The van der Waals surface area contributed by atoms with Gasteiger partial charge in [0.15, 0.2) is 0 Å². The van der Waals surface area contributed by atoms with Gasteiger partial charge in [-0.25, -0.2) is 4.79 Å². The predicted octanol–water partition coefficient (Wildman–Crippen LogP) is 3.65. The van der Waals surface area contributed by atoms with E-state index in [4.69, 9.17) is 9.84 Å². The third-order valence-electron chi connectivity index (χ3n) is 4.15. The highest BCUT2D eigenvalue weighted by atomic mass is 16.6. The van der Waals surface area contributed by atoms with Gasteiger partial charge in [-0.3, -0.25) is 4.79 Å². The second kappa shape index (κ2) is 15.2. The highest BCUT2D eigenvalue weighted by molar-refractivity contribution is 5.68. The van der Waals surface area contributed by atoms with Gasteiger partial charge in [0.05, 0.1) is 0 Å². The van der Waals surface area contributed by atoms with Crippen molar-refractivity contribution in [1.29, 1.82) is 0 Å². The summed E-state index contributed by atoms with van der Waals surface area (Å²) < 4.78 is 5.41. The molecule has 24 heavy (non-hydrogen) atoms. The van der Waals surface area contributed by atoms with E-state index in [0.717, 1.165) is 58.2 Å². The Bertz CT molecular complexity index is 333. The fourth-order valence-corrected chi connectivity index (χ4v) is 2.57. The van der Waals surface area contributed by atoms with Crippen LogP contribution in [0.4, 0.5) is 4.79 Å². The number of amides is 1. The van der Waals surface area contributed by atoms with Crippen LogP contribution in [0.1, 0.15) is 72.1 Å². The van der Waals surface area contributed by atoms with Crippen molar-refractivity contribution in [2.75, 3.05) is 26.2 Å². The highest BCUT2D eigenvalue weighted by Gasteiger charge is 2.15. The van der Waals surface area contributed by atoms with Gasteiger partial charge in [-0.2, -0.15) is 0 Å². The minimum atomic E-state index is -0.850. The van der Waals surface area contributed by atoms with Gasteiger partial charge in [0.1, 0.15) is 6.10 Å². The Balaban J connectivity index is 4.05. The molecule has 0 aromatic rings. The van der Waals surface area contributed by atoms with Gasteiger partial charge in [-0.05, 0) is 45.3 Å². The molecule has 0 spiro atoms. The van der Waals surface area contributed by atoms with E-state index in [1.165, 1.54) is 0 Å². The third-order valence-corrected chi connectivity index (χ3v) is 4.15. The number of aliphatic carboxylic acids is 1. The summed E-state index contributed by atoms with van der Waals surface area (Å²) in [5, 5.41) is 11.6. The van der Waals surface area contributed by atoms with E-state index < -0.39 is 12.1 Å². The number of alkyl carbamates (subject to hydrolysis) is 1. The van der Waals surface area contributed by atoms with E-state index in [9.17, 15) is 9.59 Å². The van der Waals surface area contributed by atoms with Crippen molar-refractivity contribution in [1.82, 2.24) is 10.2 Å². The van der Waals surface area contributed by atoms with Crippen molar-refractivity contribution in [3.05, 3.63) is 0 Å². The maximum atomic E-state index is 11.9. The Hall–Kier alpha value is -1.30. The first-order valence-electron chi connectivity index (χ1n) is 9.42. The number of hydrogen-bond acceptors (Lipinski definition) is 4. The predicted molar refractivity (Wildman–Crippen MR) is 96.3 cm³/mol. The van der Waals surface area contributed by atoms with Crippen molar-refractivity contribution in [3.63, 3.8) is 0 Å². The molecule has 6 nitrogen and oxygen atoms in total. The van der Waals surface area contributed by atoms with E-state index in [0.29, 0.717) is 13.0 Å². The smallest absolute Gasteiger partial charge is 0.407 e. The molecular formula is C18H36N2O4. The van der Waals surface area contributed by atoms with Crippen LogP contribution < -0.4 is 5.32 Å². The lowest BCUT2D eigenvalue weighted by Crippen LogP contribution is -2.32. The summed E-state index contributed by atoms with van der Waals surface area (Å²) in [5.74, 6) is -0.850. The van der Waals surface area contributed by atoms with Crippen LogP contribution in [0.15, 0.2) is 0 Å². The monoisotopic (exact) mass is 344 g/mol. The van der Waals surface area contributed by atoms with Crippen molar-refractivity contribution in [3.8, 4) is 0 Å². The van der Waals surface area contributed by atoms with Crippen LogP contribution in [-0.2, 0) is 9.53 Å². The summed E-state index contributed by atoms with van der Waals surface area (Å²) in [5.41, 5.74) is 0. The van der Waals surface area contributed by atoms with Crippen molar-refractivity contribution >= 4 is 12.1 Å². The number of carbonyl (C=O) groups excluding carboxylic acids is 1. The molecule has 0 aromatic heterocycles. The second-order valence-corrected chi connectivity index (χ2v) is 6.12. The van der Waals surface area contributed by atoms with Crippen molar-refractivity contribution in [2.45, 2.75) is 78.2 Å². The number of hydrogen-bond donors (Lipinski definition) is 2. The number of carboxylic acid groups (broad SMARTS) is 1. The molecule has 1 amide bonds. The topological polar surface area (TPSA) is 78.9 Å². The molecule has 0 saturated heterocycles. The molecule has 0 aliphatic carbocycles. The van der Waals surface area contributed by atoms with E-state index in [1.54, 1.807) is 0 Å². The van der Waals surface area contributed by atoms with E-state index in [2.05, 4.69) is 31.0 Å². The molecule has 0 aliphatic rings. The third kappa shape index (κ3) is 13.2. The SMILES string of the molecule is CCCCCCC(CCC(=O)O)OC(=O)NCCCN(CC)CC. The lowest BCUT2D eigenvalue weighted by Gasteiger charge is -2.19. The van der Waals surface area contributed by atoms with Gasteiger partial charge in [-0.15, -0.1) is 0 Å². The van der Waals surface area contributed by atoms with Crippen LogP contribution in [0, 0.1) is 0 Å². The number of nitrogens with zero attached hydrogens (tertiary/aromatic N) is 1. The van der Waals surface area contributed by atoms with Crippen LogP contribution in [0.5, 0.6) is 0 Å². The lowest BCUT2D eigenvalue weighted by molar-refractivity contribution is -0.137. The summed E-state index contributed by atoms with van der Waals surface area (Å²) in [6, 6.07) is 0. The first kappa shape index (κ1) is 22.7. The highest BCUT2D eigenvalue weighted by Crippen LogP contribution is 2.13. The molecule has 1 atom stereocenters. The number of unbranched alkanes of at least 4 members (excludes halogenated alkanes) is 3. The van der Waals surface area contributed by atoms with Crippen molar-refractivity contribution in [2.24, 2.45) is 0 Å².